The zero-order valence-corrected chi connectivity index (χ0v) is 21.5. The van der Waals surface area contributed by atoms with Crippen LogP contribution in [0.5, 0.6) is 11.5 Å². The lowest BCUT2D eigenvalue weighted by Crippen LogP contribution is -2.37. The Hall–Kier alpha value is -1.44. The van der Waals surface area contributed by atoms with E-state index in [1.807, 2.05) is 13.8 Å². The Kier molecular flexibility index (Phi) is 9.52. The van der Waals surface area contributed by atoms with Crippen LogP contribution in [0.2, 0.25) is 0 Å². The van der Waals surface area contributed by atoms with Crippen LogP contribution >= 0.6 is 0 Å². The highest BCUT2D eigenvalue weighted by Gasteiger charge is 2.34. The van der Waals surface area contributed by atoms with Crippen LogP contribution in [-0.4, -0.2) is 10.7 Å². The number of rotatable bonds is 12. The summed E-state index contributed by atoms with van der Waals surface area (Å²) in [5.74, 6) is 3.12. The molecule has 2 rings (SSSR count). The molecule has 1 heterocycles. The molecule has 0 unspecified atom stereocenters. The average Bonchev–Trinajstić information content (AvgIpc) is 2.70. The van der Waals surface area contributed by atoms with Gasteiger partial charge in [-0.25, -0.2) is 0 Å². The highest BCUT2D eigenvalue weighted by atomic mass is 16.5. The standard InChI is InChI=1S/C29H48O2/c1-20(2)12-9-13-21(3)14-10-15-22(4)16-11-18-29(8)19-17-26-25(7)27(30)23(5)24(6)28(26)31-29/h21-22,30H,1,9-19H2,2-8H3/t21-,22+,29+/m0/s1. The van der Waals surface area contributed by atoms with Gasteiger partial charge in [-0.05, 0) is 102 Å². The van der Waals surface area contributed by atoms with Crippen LogP contribution in [0, 0.1) is 32.6 Å². The molecule has 3 atom stereocenters. The van der Waals surface area contributed by atoms with Gasteiger partial charge in [-0.3, -0.25) is 0 Å². The summed E-state index contributed by atoms with van der Waals surface area (Å²) in [5.41, 5.74) is 5.52. The molecule has 2 nitrogen and oxygen atoms in total. The minimum atomic E-state index is -0.0782. The Balaban J connectivity index is 1.74. The molecular formula is C29H48O2. The van der Waals surface area contributed by atoms with E-state index in [1.54, 1.807) is 0 Å². The van der Waals surface area contributed by atoms with Crippen molar-refractivity contribution in [3.05, 3.63) is 34.4 Å². The second-order valence-corrected chi connectivity index (χ2v) is 11.0. The second-order valence-electron chi connectivity index (χ2n) is 11.0. The lowest BCUT2D eigenvalue weighted by molar-refractivity contribution is 0.0512. The SMILES string of the molecule is C=C(C)CCC[C@H](C)CCC[C@@H](C)CCC[C@]1(C)CCc2c(C)c(O)c(C)c(C)c2O1. The molecule has 0 aliphatic carbocycles. The number of phenolic OH excluding ortho intramolecular Hbond substituents is 1. The molecule has 1 aromatic rings. The lowest BCUT2D eigenvalue weighted by Gasteiger charge is -2.38. The molecule has 0 spiro atoms. The van der Waals surface area contributed by atoms with E-state index in [2.05, 4.69) is 41.2 Å². The minimum absolute atomic E-state index is 0.0782. The van der Waals surface area contributed by atoms with Gasteiger partial charge >= 0.3 is 0 Å². The second kappa shape index (κ2) is 11.4. The molecule has 0 saturated heterocycles. The third-order valence-electron chi connectivity index (χ3n) is 7.69. The van der Waals surface area contributed by atoms with Crippen LogP contribution in [0.4, 0.5) is 0 Å². The van der Waals surface area contributed by atoms with Crippen molar-refractivity contribution in [2.75, 3.05) is 0 Å². The van der Waals surface area contributed by atoms with E-state index in [1.165, 1.54) is 62.5 Å². The summed E-state index contributed by atoms with van der Waals surface area (Å²) >= 11 is 0. The molecule has 1 aliphatic heterocycles. The number of hydrogen-bond donors (Lipinski definition) is 1. The van der Waals surface area contributed by atoms with Crippen molar-refractivity contribution in [1.82, 2.24) is 0 Å². The van der Waals surface area contributed by atoms with E-state index in [-0.39, 0.29) is 5.60 Å². The zero-order chi connectivity index (χ0) is 23.2. The Bertz CT molecular complexity index is 748. The van der Waals surface area contributed by atoms with Crippen LogP contribution in [0.1, 0.15) is 114 Å². The minimum Gasteiger partial charge on any atom is -0.507 e. The van der Waals surface area contributed by atoms with Crippen LogP contribution in [0.3, 0.4) is 0 Å². The molecule has 0 amide bonds. The van der Waals surface area contributed by atoms with Gasteiger partial charge in [-0.1, -0.05) is 51.5 Å². The number of phenols is 1. The number of hydrogen-bond acceptors (Lipinski definition) is 2. The molecule has 0 fully saturated rings. The molecular weight excluding hydrogens is 380 g/mol. The van der Waals surface area contributed by atoms with Gasteiger partial charge < -0.3 is 9.84 Å². The summed E-state index contributed by atoms with van der Waals surface area (Å²) in [6.45, 7) is 19.4. The lowest BCUT2D eigenvalue weighted by atomic mass is 9.84. The maximum atomic E-state index is 10.4. The zero-order valence-electron chi connectivity index (χ0n) is 21.5. The van der Waals surface area contributed by atoms with Gasteiger partial charge in [0.05, 0.1) is 0 Å². The van der Waals surface area contributed by atoms with Gasteiger partial charge in [-0.2, -0.15) is 0 Å². The summed E-state index contributed by atoms with van der Waals surface area (Å²) in [4.78, 5) is 0. The number of ether oxygens (including phenoxy) is 1. The monoisotopic (exact) mass is 428 g/mol. The number of benzene rings is 1. The first-order valence-electron chi connectivity index (χ1n) is 12.7. The molecule has 1 aromatic carbocycles. The van der Waals surface area contributed by atoms with Gasteiger partial charge in [-0.15, -0.1) is 6.58 Å². The first kappa shape index (κ1) is 25.8. The number of aromatic hydroxyl groups is 1. The molecule has 2 heteroatoms. The molecule has 31 heavy (non-hydrogen) atoms. The summed E-state index contributed by atoms with van der Waals surface area (Å²) in [5, 5.41) is 10.4. The van der Waals surface area contributed by atoms with E-state index in [0.717, 1.165) is 53.5 Å². The molecule has 1 aliphatic rings. The smallest absolute Gasteiger partial charge is 0.127 e. The van der Waals surface area contributed by atoms with Crippen molar-refractivity contribution in [3.8, 4) is 11.5 Å². The summed E-state index contributed by atoms with van der Waals surface area (Å²) in [6, 6.07) is 0. The predicted molar refractivity (Wildman–Crippen MR) is 134 cm³/mol. The summed E-state index contributed by atoms with van der Waals surface area (Å²) in [7, 11) is 0. The van der Waals surface area contributed by atoms with Crippen LogP contribution in [0.15, 0.2) is 12.2 Å². The fourth-order valence-corrected chi connectivity index (χ4v) is 5.15. The maximum absolute atomic E-state index is 10.4. The van der Waals surface area contributed by atoms with Crippen molar-refractivity contribution in [3.63, 3.8) is 0 Å². The predicted octanol–water partition coefficient (Wildman–Crippen LogP) is 8.76. The topological polar surface area (TPSA) is 29.5 Å². The number of fused-ring (bicyclic) bond motifs is 1. The van der Waals surface area contributed by atoms with Gasteiger partial charge in [0.15, 0.2) is 0 Å². The molecule has 0 bridgehead atoms. The van der Waals surface area contributed by atoms with E-state index >= 15 is 0 Å². The molecule has 1 N–H and O–H groups in total. The van der Waals surface area contributed by atoms with E-state index in [9.17, 15) is 5.11 Å². The summed E-state index contributed by atoms with van der Waals surface area (Å²) in [6.07, 6.45) is 13.6. The number of allylic oxidation sites excluding steroid dienone is 1. The third kappa shape index (κ3) is 7.29. The first-order valence-corrected chi connectivity index (χ1v) is 12.7. The van der Waals surface area contributed by atoms with Crippen molar-refractivity contribution >= 4 is 0 Å². The van der Waals surface area contributed by atoms with E-state index in [4.69, 9.17) is 4.74 Å². The first-order chi connectivity index (χ1) is 14.5. The van der Waals surface area contributed by atoms with Gasteiger partial charge in [0.2, 0.25) is 0 Å². The van der Waals surface area contributed by atoms with Gasteiger partial charge in [0.1, 0.15) is 17.1 Å². The van der Waals surface area contributed by atoms with Crippen molar-refractivity contribution in [2.24, 2.45) is 11.8 Å². The Labute approximate surface area is 192 Å². The highest BCUT2D eigenvalue weighted by Crippen LogP contribution is 2.44. The van der Waals surface area contributed by atoms with Gasteiger partial charge in [0, 0.05) is 5.56 Å². The molecule has 0 aromatic heterocycles. The molecule has 0 radical (unpaired) electrons. The van der Waals surface area contributed by atoms with Crippen LogP contribution in [-0.2, 0) is 6.42 Å². The largest absolute Gasteiger partial charge is 0.507 e. The maximum Gasteiger partial charge on any atom is 0.127 e. The molecule has 176 valence electrons. The average molecular weight is 429 g/mol. The van der Waals surface area contributed by atoms with E-state index < -0.39 is 0 Å². The van der Waals surface area contributed by atoms with Crippen molar-refractivity contribution in [2.45, 2.75) is 125 Å². The van der Waals surface area contributed by atoms with Crippen molar-refractivity contribution < 1.29 is 9.84 Å². The third-order valence-corrected chi connectivity index (χ3v) is 7.69. The quantitative estimate of drug-likeness (QED) is 0.337. The Morgan fingerprint density at radius 3 is 2.16 bits per heavy atom. The fourth-order valence-electron chi connectivity index (χ4n) is 5.15. The fraction of sp³-hybridized carbons (Fsp3) is 0.724. The Morgan fingerprint density at radius 1 is 0.968 bits per heavy atom. The van der Waals surface area contributed by atoms with Crippen molar-refractivity contribution in [1.29, 1.82) is 0 Å². The van der Waals surface area contributed by atoms with E-state index in [0.29, 0.717) is 5.75 Å². The van der Waals surface area contributed by atoms with Gasteiger partial charge in [0.25, 0.3) is 0 Å². The van der Waals surface area contributed by atoms with Crippen LogP contribution in [0.25, 0.3) is 0 Å². The normalized spacial score (nSPS) is 20.1. The highest BCUT2D eigenvalue weighted by molar-refractivity contribution is 5.58. The van der Waals surface area contributed by atoms with Crippen LogP contribution < -0.4 is 4.74 Å². The Morgan fingerprint density at radius 2 is 1.55 bits per heavy atom. The summed E-state index contributed by atoms with van der Waals surface area (Å²) < 4.78 is 6.60. The molecule has 0 saturated carbocycles.